The van der Waals surface area contributed by atoms with Gasteiger partial charge in [0.15, 0.2) is 0 Å². The molecule has 3 N–H and O–H groups in total. The van der Waals surface area contributed by atoms with Crippen molar-refractivity contribution in [3.63, 3.8) is 0 Å². The molecule has 48 valence electrons. The fraction of sp³-hybridized carbons (Fsp3) is 1.00. The Bertz CT molecular complexity index is 68.8. The highest BCUT2D eigenvalue weighted by Gasteiger charge is 2.22. The summed E-state index contributed by atoms with van der Waals surface area (Å²) >= 11 is 0. The summed E-state index contributed by atoms with van der Waals surface area (Å²) < 4.78 is 5.04. The summed E-state index contributed by atoms with van der Waals surface area (Å²) in [5.41, 5.74) is 5.00. The molecule has 1 fully saturated rings. The summed E-state index contributed by atoms with van der Waals surface area (Å²) in [4.78, 5) is 0. The van der Waals surface area contributed by atoms with E-state index >= 15 is 0 Å². The van der Waals surface area contributed by atoms with Crippen molar-refractivity contribution in [3.8, 4) is 0 Å². The minimum atomic E-state index is -0.796. The fourth-order valence-corrected chi connectivity index (χ4v) is 0.469. The van der Waals surface area contributed by atoms with Gasteiger partial charge in [0.05, 0.1) is 12.7 Å². The summed E-state index contributed by atoms with van der Waals surface area (Å²) in [6.45, 7) is 0.282. The fourth-order valence-electron chi connectivity index (χ4n) is 0.469. The Balaban J connectivity index is 1.87. The summed E-state index contributed by atoms with van der Waals surface area (Å²) in [6.07, 6.45) is 1.86. The lowest BCUT2D eigenvalue weighted by Crippen LogP contribution is -2.25. The molecular formula is C5H11NO2. The van der Waals surface area contributed by atoms with E-state index in [0.717, 1.165) is 12.8 Å². The Kier molecular flexibility index (Phi) is 1.83. The van der Waals surface area contributed by atoms with Gasteiger partial charge in [-0.05, 0) is 12.8 Å². The molecule has 0 radical (unpaired) electrons. The zero-order valence-electron chi connectivity index (χ0n) is 4.71. The van der Waals surface area contributed by atoms with Gasteiger partial charge < -0.3 is 15.6 Å². The predicted octanol–water partition coefficient (Wildman–Crippen LogP) is -0.558. The monoisotopic (exact) mass is 117 g/mol. The van der Waals surface area contributed by atoms with Gasteiger partial charge in [0, 0.05) is 0 Å². The number of hydrogen-bond donors (Lipinski definition) is 2. The minimum absolute atomic E-state index is 0.282. The van der Waals surface area contributed by atoms with E-state index in [1.807, 2.05) is 0 Å². The number of aliphatic hydroxyl groups excluding tert-OH is 1. The first-order valence-corrected chi connectivity index (χ1v) is 2.84. The summed E-state index contributed by atoms with van der Waals surface area (Å²) in [7, 11) is 0. The molecule has 0 amide bonds. The van der Waals surface area contributed by atoms with Gasteiger partial charge in [-0.15, -0.1) is 0 Å². The quantitative estimate of drug-likeness (QED) is 0.487. The third-order valence-electron chi connectivity index (χ3n) is 1.03. The van der Waals surface area contributed by atoms with Crippen LogP contribution in [0.25, 0.3) is 0 Å². The number of aliphatic hydroxyl groups is 1. The number of hydrogen-bond acceptors (Lipinski definition) is 3. The van der Waals surface area contributed by atoms with Crippen LogP contribution in [0.15, 0.2) is 0 Å². The molecule has 1 aliphatic rings. The van der Waals surface area contributed by atoms with E-state index in [-0.39, 0.29) is 6.61 Å². The van der Waals surface area contributed by atoms with E-state index < -0.39 is 6.23 Å². The van der Waals surface area contributed by atoms with Crippen LogP contribution in [0.1, 0.15) is 12.8 Å². The molecular weight excluding hydrogens is 106 g/mol. The molecule has 1 atom stereocenters. The van der Waals surface area contributed by atoms with Crippen LogP contribution in [0.5, 0.6) is 0 Å². The second-order valence-electron chi connectivity index (χ2n) is 2.10. The van der Waals surface area contributed by atoms with Crippen LogP contribution < -0.4 is 5.73 Å². The Morgan fingerprint density at radius 1 is 1.75 bits per heavy atom. The molecule has 0 aromatic heterocycles. The molecule has 0 aliphatic heterocycles. The van der Waals surface area contributed by atoms with Crippen molar-refractivity contribution in [2.45, 2.75) is 25.2 Å². The smallest absolute Gasteiger partial charge is 0.126 e. The van der Waals surface area contributed by atoms with E-state index in [1.54, 1.807) is 0 Å². The van der Waals surface area contributed by atoms with E-state index in [1.165, 1.54) is 0 Å². The molecule has 3 nitrogen and oxygen atoms in total. The van der Waals surface area contributed by atoms with Gasteiger partial charge in [-0.25, -0.2) is 0 Å². The highest BCUT2D eigenvalue weighted by atomic mass is 16.5. The molecule has 8 heavy (non-hydrogen) atoms. The molecule has 1 rings (SSSR count). The van der Waals surface area contributed by atoms with Gasteiger partial charge in [0.1, 0.15) is 6.23 Å². The van der Waals surface area contributed by atoms with Crippen molar-refractivity contribution in [3.05, 3.63) is 0 Å². The normalized spacial score (nSPS) is 23.2. The molecule has 1 saturated carbocycles. The van der Waals surface area contributed by atoms with Crippen LogP contribution in [-0.2, 0) is 4.74 Å². The van der Waals surface area contributed by atoms with E-state index in [0.29, 0.717) is 6.10 Å². The molecule has 1 unspecified atom stereocenters. The first kappa shape index (κ1) is 6.01. The second-order valence-corrected chi connectivity index (χ2v) is 2.10. The van der Waals surface area contributed by atoms with E-state index in [2.05, 4.69) is 0 Å². The molecule has 0 saturated heterocycles. The van der Waals surface area contributed by atoms with Crippen molar-refractivity contribution in [2.75, 3.05) is 6.61 Å². The summed E-state index contributed by atoms with van der Waals surface area (Å²) in [6, 6.07) is 0. The van der Waals surface area contributed by atoms with Crippen LogP contribution >= 0.6 is 0 Å². The lowest BCUT2D eigenvalue weighted by Gasteiger charge is -2.02. The highest BCUT2D eigenvalue weighted by Crippen LogP contribution is 2.22. The zero-order chi connectivity index (χ0) is 5.98. The predicted molar refractivity (Wildman–Crippen MR) is 29.2 cm³/mol. The maximum Gasteiger partial charge on any atom is 0.126 e. The molecule has 0 aromatic carbocycles. The van der Waals surface area contributed by atoms with Crippen molar-refractivity contribution in [1.82, 2.24) is 0 Å². The van der Waals surface area contributed by atoms with E-state index in [4.69, 9.17) is 15.6 Å². The lowest BCUT2D eigenvalue weighted by atomic mass is 10.6. The maximum absolute atomic E-state index is 8.48. The lowest BCUT2D eigenvalue weighted by molar-refractivity contribution is 0.0313. The van der Waals surface area contributed by atoms with Crippen LogP contribution in [0.4, 0.5) is 0 Å². The van der Waals surface area contributed by atoms with Crippen molar-refractivity contribution >= 4 is 0 Å². The summed E-state index contributed by atoms with van der Waals surface area (Å²) in [5, 5.41) is 8.48. The molecule has 0 bridgehead atoms. The van der Waals surface area contributed by atoms with Crippen molar-refractivity contribution in [1.29, 1.82) is 0 Å². The van der Waals surface area contributed by atoms with Gasteiger partial charge in [-0.1, -0.05) is 0 Å². The Morgan fingerprint density at radius 2 is 2.38 bits per heavy atom. The molecule has 3 heteroatoms. The van der Waals surface area contributed by atoms with Crippen molar-refractivity contribution < 1.29 is 9.84 Å². The van der Waals surface area contributed by atoms with Crippen LogP contribution in [0.2, 0.25) is 0 Å². The minimum Gasteiger partial charge on any atom is -0.376 e. The van der Waals surface area contributed by atoms with Crippen LogP contribution in [-0.4, -0.2) is 24.0 Å². The average molecular weight is 117 g/mol. The third kappa shape index (κ3) is 2.26. The zero-order valence-corrected chi connectivity index (χ0v) is 4.71. The van der Waals surface area contributed by atoms with E-state index in [9.17, 15) is 0 Å². The van der Waals surface area contributed by atoms with Gasteiger partial charge in [-0.3, -0.25) is 0 Å². The topological polar surface area (TPSA) is 55.5 Å². The van der Waals surface area contributed by atoms with Crippen LogP contribution in [0.3, 0.4) is 0 Å². The average Bonchev–Trinajstić information content (AvgIpc) is 2.41. The maximum atomic E-state index is 8.48. The van der Waals surface area contributed by atoms with Crippen molar-refractivity contribution in [2.24, 2.45) is 5.73 Å². The Hall–Kier alpha value is -0.120. The molecule has 1 aliphatic carbocycles. The number of rotatable bonds is 3. The van der Waals surface area contributed by atoms with Gasteiger partial charge >= 0.3 is 0 Å². The third-order valence-corrected chi connectivity index (χ3v) is 1.03. The molecule has 0 spiro atoms. The molecule has 0 heterocycles. The Morgan fingerprint density at radius 3 is 2.75 bits per heavy atom. The van der Waals surface area contributed by atoms with Crippen LogP contribution in [0, 0.1) is 0 Å². The van der Waals surface area contributed by atoms with Gasteiger partial charge in [0.25, 0.3) is 0 Å². The summed E-state index contributed by atoms with van der Waals surface area (Å²) in [5.74, 6) is 0. The SMILES string of the molecule is NC(O)COC1CC1. The largest absolute Gasteiger partial charge is 0.376 e. The Labute approximate surface area is 48.4 Å². The number of nitrogens with two attached hydrogens (primary N) is 1. The first-order valence-electron chi connectivity index (χ1n) is 2.84. The van der Waals surface area contributed by atoms with Gasteiger partial charge in [0.2, 0.25) is 0 Å². The number of ether oxygens (including phenoxy) is 1. The standard InChI is InChI=1S/C5H11NO2/c6-5(7)3-8-4-1-2-4/h4-5,7H,1-3,6H2. The highest BCUT2D eigenvalue weighted by molar-refractivity contribution is 4.73. The second kappa shape index (κ2) is 2.44. The first-order chi connectivity index (χ1) is 3.79. The molecule has 0 aromatic rings. The van der Waals surface area contributed by atoms with Gasteiger partial charge in [-0.2, -0.15) is 0 Å².